The minimum absolute atomic E-state index is 0.503. The highest BCUT2D eigenvalue weighted by Crippen LogP contribution is 2.48. The summed E-state index contributed by atoms with van der Waals surface area (Å²) in [6.07, 6.45) is 0. The molecule has 24 aromatic rings. The number of benzene rings is 24. The molecule has 0 heterocycles. The first-order valence-electron chi connectivity index (χ1n) is 43.4. The fourth-order valence-electron chi connectivity index (χ4n) is 18.6. The van der Waals surface area contributed by atoms with Gasteiger partial charge in [-0.15, -0.1) is 0 Å². The summed E-state index contributed by atoms with van der Waals surface area (Å²) < 4.78 is 5.40. The first-order valence-corrected chi connectivity index (χ1v) is 47.3. The summed E-state index contributed by atoms with van der Waals surface area (Å²) in [6.45, 7) is 0. The summed E-state index contributed by atoms with van der Waals surface area (Å²) in [6, 6.07) is 161. The van der Waals surface area contributed by atoms with Gasteiger partial charge in [0.05, 0.1) is 0 Å². The lowest BCUT2D eigenvalue weighted by atomic mass is 9.72. The highest BCUT2D eigenvalue weighted by atomic mass is 79.9. The van der Waals surface area contributed by atoms with Crippen molar-refractivity contribution in [1.82, 2.24) is 0 Å². The highest BCUT2D eigenvalue weighted by Gasteiger charge is 2.24. The van der Waals surface area contributed by atoms with Crippen molar-refractivity contribution in [3.63, 3.8) is 0 Å². The van der Waals surface area contributed by atoms with Crippen LogP contribution in [0.5, 0.6) is 0 Å². The average Bonchev–Trinajstić information content (AvgIpc) is 0.739. The maximum Gasteiger partial charge on any atom is 0.489 e. The first-order chi connectivity index (χ1) is 64.1. The third-order valence-electron chi connectivity index (χ3n) is 24.8. The van der Waals surface area contributed by atoms with Crippen molar-refractivity contribution in [3.05, 3.63) is 477 Å². The highest BCUT2D eigenvalue weighted by molar-refractivity contribution is 9.11. The van der Waals surface area contributed by atoms with Gasteiger partial charge in [-0.3, -0.25) is 0 Å². The molecule has 0 unspecified atom stereocenters. The average molecular weight is 2010 g/mol. The summed E-state index contributed by atoms with van der Waals surface area (Å²) in [5.41, 5.74) is 18.3. The molecule has 131 heavy (non-hydrogen) atoms. The summed E-state index contributed by atoms with van der Waals surface area (Å²) in [5, 5.41) is 66.3. The van der Waals surface area contributed by atoms with Gasteiger partial charge in [-0.2, -0.15) is 0 Å². The zero-order valence-corrected chi connectivity index (χ0v) is 78.6. The number of hydrogen-bond donors (Lipinski definition) is 4. The van der Waals surface area contributed by atoms with Gasteiger partial charge in [0, 0.05) is 22.4 Å². The zero-order valence-electron chi connectivity index (χ0n) is 70.6. The Morgan fingerprint density at radius 1 is 0.137 bits per heavy atom. The summed E-state index contributed by atoms with van der Waals surface area (Å²) >= 11 is 17.1. The minimum atomic E-state index is -1.52. The van der Waals surface area contributed by atoms with Crippen molar-refractivity contribution in [3.8, 4) is 77.9 Å². The van der Waals surface area contributed by atoms with Gasteiger partial charge in [0.1, 0.15) is 0 Å². The molecule has 0 spiro atoms. The molecule has 0 atom stereocenters. The summed E-state index contributed by atoms with van der Waals surface area (Å²) in [5.74, 6) is 0. The van der Waals surface area contributed by atoms with Gasteiger partial charge < -0.3 is 20.1 Å². The van der Waals surface area contributed by atoms with E-state index in [0.29, 0.717) is 10.9 Å². The molecule has 0 aromatic heterocycles. The SMILES string of the molecule is Brc1ccc(-c2ccc3cc(Br)ccc3c2)cc1.Brc1ccc2cc(Br)ccc2c1.OB(O)c1c2ccccc2c(-c2ccc3ccccc3c2)c2ccccc12.OB(O)c1ccc(Br)cc1.c1ccc2cc(-c3c4ccccc4c(-c4ccc(-c5ccc6cc(-c7c8ccccc8c(-c8ccc9ccccc9c8)c8ccccc78)ccc6c5)cc4)c4ccccc34)ccc2c1. The molecule has 0 amide bonds. The molecular formula is C120H79B2Br5O4. The lowest BCUT2D eigenvalue weighted by Crippen LogP contribution is -2.31. The van der Waals surface area contributed by atoms with Crippen LogP contribution in [0.1, 0.15) is 0 Å². The van der Waals surface area contributed by atoms with E-state index < -0.39 is 14.2 Å². The predicted octanol–water partition coefficient (Wildman–Crippen LogP) is 33.1. The van der Waals surface area contributed by atoms with E-state index in [2.05, 4.69) is 462 Å². The van der Waals surface area contributed by atoms with Crippen LogP contribution in [0, 0.1) is 0 Å². The van der Waals surface area contributed by atoms with Crippen LogP contribution in [0.3, 0.4) is 0 Å². The van der Waals surface area contributed by atoms with Crippen molar-refractivity contribution < 1.29 is 20.1 Å². The Bertz CT molecular complexity index is 8290. The predicted molar refractivity (Wildman–Crippen MR) is 578 cm³/mol. The molecule has 0 saturated heterocycles. The number of fused-ring (bicyclic) bond motifs is 12. The smallest absolute Gasteiger partial charge is 0.423 e. The van der Waals surface area contributed by atoms with E-state index in [1.807, 2.05) is 48.5 Å². The zero-order chi connectivity index (χ0) is 89.2. The van der Waals surface area contributed by atoms with Gasteiger partial charge in [0.25, 0.3) is 0 Å². The second-order valence-corrected chi connectivity index (χ2v) is 37.3. The molecule has 24 rings (SSSR count). The van der Waals surface area contributed by atoms with Crippen LogP contribution in [0.15, 0.2) is 477 Å². The quantitative estimate of drug-likeness (QED) is 0.0858. The van der Waals surface area contributed by atoms with Crippen LogP contribution < -0.4 is 10.9 Å². The van der Waals surface area contributed by atoms with E-state index in [9.17, 15) is 10.0 Å². The Hall–Kier alpha value is -13.2. The fraction of sp³-hybridized carbons (Fsp3) is 0. The fourth-order valence-corrected chi connectivity index (χ4v) is 20.2. The molecule has 0 saturated carbocycles. The minimum Gasteiger partial charge on any atom is -0.423 e. The topological polar surface area (TPSA) is 80.9 Å². The maximum atomic E-state index is 10.1. The van der Waals surface area contributed by atoms with E-state index in [0.717, 1.165) is 55.0 Å². The summed E-state index contributed by atoms with van der Waals surface area (Å²) in [7, 11) is -2.89. The van der Waals surface area contributed by atoms with E-state index in [1.54, 1.807) is 24.3 Å². The molecular weight excluding hydrogens is 1930 g/mol. The Morgan fingerprint density at radius 3 is 0.611 bits per heavy atom. The molecule has 0 aliphatic carbocycles. The van der Waals surface area contributed by atoms with Crippen molar-refractivity contribution in [2.45, 2.75) is 0 Å². The monoisotopic (exact) mass is 2000 g/mol. The number of hydrogen-bond acceptors (Lipinski definition) is 4. The molecule has 0 aliphatic heterocycles. The molecule has 0 fully saturated rings. The number of rotatable bonds is 9. The Morgan fingerprint density at radius 2 is 0.321 bits per heavy atom. The van der Waals surface area contributed by atoms with Crippen LogP contribution in [0.2, 0.25) is 0 Å². The first kappa shape index (κ1) is 85.8. The molecule has 0 aliphatic rings. The van der Waals surface area contributed by atoms with Crippen LogP contribution in [-0.2, 0) is 0 Å². The molecule has 0 radical (unpaired) electrons. The van der Waals surface area contributed by atoms with Gasteiger partial charge in [-0.1, -0.05) is 438 Å². The van der Waals surface area contributed by atoms with Crippen LogP contribution >= 0.6 is 79.6 Å². The Kier molecular flexibility index (Phi) is 24.9. The third kappa shape index (κ3) is 17.9. The molecule has 4 N–H and O–H groups in total. The molecule has 11 heteroatoms. The summed E-state index contributed by atoms with van der Waals surface area (Å²) in [4.78, 5) is 0. The van der Waals surface area contributed by atoms with Crippen molar-refractivity contribution in [2.24, 2.45) is 0 Å². The van der Waals surface area contributed by atoms with E-state index in [1.165, 1.54) is 174 Å². The molecule has 4 nitrogen and oxygen atoms in total. The van der Waals surface area contributed by atoms with Gasteiger partial charge in [-0.25, -0.2) is 0 Å². The second-order valence-electron chi connectivity index (χ2n) is 32.7. The normalized spacial score (nSPS) is 11.2. The largest absolute Gasteiger partial charge is 0.489 e. The molecule has 624 valence electrons. The van der Waals surface area contributed by atoms with Gasteiger partial charge >= 0.3 is 14.2 Å². The van der Waals surface area contributed by atoms with Gasteiger partial charge in [0.15, 0.2) is 0 Å². The van der Waals surface area contributed by atoms with Gasteiger partial charge in [-0.05, 0) is 315 Å². The van der Waals surface area contributed by atoms with E-state index >= 15 is 0 Å². The molecule has 0 bridgehead atoms. The van der Waals surface area contributed by atoms with E-state index in [-0.39, 0.29) is 0 Å². The van der Waals surface area contributed by atoms with Crippen molar-refractivity contribution in [1.29, 1.82) is 0 Å². The number of halogens is 5. The van der Waals surface area contributed by atoms with Crippen molar-refractivity contribution >= 4 is 234 Å². The van der Waals surface area contributed by atoms with Crippen LogP contribution in [-0.4, -0.2) is 34.3 Å². The van der Waals surface area contributed by atoms with Crippen LogP contribution in [0.4, 0.5) is 0 Å². The lowest BCUT2D eigenvalue weighted by molar-refractivity contribution is 0.425. The van der Waals surface area contributed by atoms with Crippen molar-refractivity contribution in [2.75, 3.05) is 0 Å². The standard InChI is InChI=1S/C64H40.C24H17BO2.C16H10Br2.C10H6Br2.C6H6BBrO2/c1-3-15-45-38-50(34-27-41(45)13-1)62-55-19-7-5-17-53(55)61(54-18-6-8-20-56(54)62)44-29-25-43(26-30-44)47-31-32-49-40-52(36-33-48(49)37-47)64-59-23-11-9-21-57(59)63(58-22-10-12-24-60(58)64)51-35-28-42-14-2-4-16-46(42)39-51;26-25(27)24-21-11-5-3-9-19(21)23(20-10-4-6-12-22(20)24)18-14-13-16-7-1-2-8-17(16)15-18;17-15-6-3-11(4-7-15)12-1-2-14-10-16(18)8-5-13(14)9-12;11-9-3-1-7-5-10(12)4-2-8(7)6-9;8-6-3-1-5(2-4-6)7(9)10/h1-40H;1-15,26-27H;1-10H;1-6H;1-4,9-10H. The lowest BCUT2D eigenvalue weighted by Gasteiger charge is -2.18. The van der Waals surface area contributed by atoms with Gasteiger partial charge in [0.2, 0.25) is 0 Å². The third-order valence-corrected chi connectivity index (χ3v) is 27.3. The molecule has 24 aromatic carbocycles. The second kappa shape index (κ2) is 38.1. The van der Waals surface area contributed by atoms with Crippen LogP contribution in [0.25, 0.3) is 207 Å². The Balaban J connectivity index is 0.000000129. The maximum absolute atomic E-state index is 10.1. The van der Waals surface area contributed by atoms with E-state index in [4.69, 9.17) is 10.0 Å². The Labute approximate surface area is 802 Å².